The van der Waals surface area contributed by atoms with Crippen molar-refractivity contribution in [1.82, 2.24) is 0 Å². The molecule has 0 amide bonds. The van der Waals surface area contributed by atoms with Crippen molar-refractivity contribution in [2.45, 2.75) is 39.7 Å². The van der Waals surface area contributed by atoms with Crippen molar-refractivity contribution in [3.05, 3.63) is 48.6 Å². The van der Waals surface area contributed by atoms with Gasteiger partial charge in [0.2, 0.25) is 0 Å². The third-order valence-corrected chi connectivity index (χ3v) is 3.94. The van der Waals surface area contributed by atoms with Crippen molar-refractivity contribution >= 4 is 5.97 Å². The number of hydrogen-bond donors (Lipinski definition) is 0. The summed E-state index contributed by atoms with van der Waals surface area (Å²) < 4.78 is 6.20. The van der Waals surface area contributed by atoms with E-state index in [1.165, 1.54) is 24.5 Å². The Kier molecular flexibility index (Phi) is 8.53. The Hall–Kier alpha value is -1.61. The van der Waals surface area contributed by atoms with Crippen LogP contribution in [0.4, 0.5) is 0 Å². The van der Waals surface area contributed by atoms with Crippen LogP contribution in [0.25, 0.3) is 0 Å². The third-order valence-electron chi connectivity index (χ3n) is 3.94. The molecule has 0 spiro atoms. The molecule has 0 saturated heterocycles. The first kappa shape index (κ1) is 18.4. The summed E-state index contributed by atoms with van der Waals surface area (Å²) in [6, 6.07) is 10.7. The summed E-state index contributed by atoms with van der Waals surface area (Å²) in [5, 5.41) is 0. The zero-order chi connectivity index (χ0) is 16.3. The molecule has 0 fully saturated rings. The molecule has 0 aliphatic heterocycles. The number of benzene rings is 1. The average Bonchev–Trinajstić information content (AvgIpc) is 2.53. The molecule has 3 heteroatoms. The van der Waals surface area contributed by atoms with E-state index in [9.17, 15) is 4.79 Å². The minimum Gasteiger partial charge on any atom is -0.462 e. The van der Waals surface area contributed by atoms with Crippen LogP contribution in [0.15, 0.2) is 43.0 Å². The van der Waals surface area contributed by atoms with Crippen LogP contribution in [0.5, 0.6) is 0 Å². The summed E-state index contributed by atoms with van der Waals surface area (Å²) in [5.74, 6) is -0.327. The maximum Gasteiger partial charge on any atom is 0.330 e. The highest BCUT2D eigenvalue weighted by atomic mass is 16.5. The van der Waals surface area contributed by atoms with Gasteiger partial charge < -0.3 is 9.22 Å². The monoisotopic (exact) mass is 304 g/mol. The second kappa shape index (κ2) is 10.2. The molecule has 0 heterocycles. The Morgan fingerprint density at radius 1 is 1.14 bits per heavy atom. The molecule has 0 saturated carbocycles. The molecule has 0 unspecified atom stereocenters. The van der Waals surface area contributed by atoms with Crippen molar-refractivity contribution in [3.8, 4) is 0 Å². The van der Waals surface area contributed by atoms with E-state index in [1.807, 2.05) is 0 Å². The van der Waals surface area contributed by atoms with Gasteiger partial charge in [0, 0.05) is 18.1 Å². The van der Waals surface area contributed by atoms with E-state index < -0.39 is 0 Å². The second-order valence-corrected chi connectivity index (χ2v) is 5.88. The Morgan fingerprint density at radius 2 is 1.77 bits per heavy atom. The molecule has 0 atom stereocenters. The third kappa shape index (κ3) is 6.44. The van der Waals surface area contributed by atoms with Crippen molar-refractivity contribution in [2.24, 2.45) is 0 Å². The first-order valence-electron chi connectivity index (χ1n) is 8.34. The van der Waals surface area contributed by atoms with Crippen LogP contribution >= 0.6 is 0 Å². The highest BCUT2D eigenvalue weighted by Crippen LogP contribution is 2.18. The molecule has 1 aromatic carbocycles. The van der Waals surface area contributed by atoms with Gasteiger partial charge in [0.1, 0.15) is 6.54 Å². The van der Waals surface area contributed by atoms with Gasteiger partial charge in [-0.15, -0.1) is 0 Å². The van der Waals surface area contributed by atoms with Gasteiger partial charge in [0.05, 0.1) is 26.2 Å². The van der Waals surface area contributed by atoms with Gasteiger partial charge in [-0.05, 0) is 12.8 Å². The lowest BCUT2D eigenvalue weighted by Gasteiger charge is -2.39. The highest BCUT2D eigenvalue weighted by molar-refractivity contribution is 5.81. The molecule has 3 nitrogen and oxygen atoms in total. The van der Waals surface area contributed by atoms with Crippen LogP contribution < -0.4 is 0 Å². The molecule has 122 valence electrons. The molecule has 0 radical (unpaired) electrons. The van der Waals surface area contributed by atoms with E-state index >= 15 is 0 Å². The molecule has 1 rings (SSSR count). The Balaban J connectivity index is 2.67. The summed E-state index contributed by atoms with van der Waals surface area (Å²) >= 11 is 0. The lowest BCUT2D eigenvalue weighted by molar-refractivity contribution is -0.941. The predicted molar refractivity (Wildman–Crippen MR) is 91.4 cm³/mol. The normalized spacial score (nSPS) is 11.2. The van der Waals surface area contributed by atoms with Crippen LogP contribution in [0, 0.1) is 0 Å². The highest BCUT2D eigenvalue weighted by Gasteiger charge is 2.25. The molecule has 0 aliphatic carbocycles. The second-order valence-electron chi connectivity index (χ2n) is 5.88. The van der Waals surface area contributed by atoms with Crippen LogP contribution in [-0.2, 0) is 16.1 Å². The zero-order valence-electron chi connectivity index (χ0n) is 14.1. The summed E-state index contributed by atoms with van der Waals surface area (Å²) in [5.41, 5.74) is 1.38. The molecular formula is C19H30NO2+. The fourth-order valence-electron chi connectivity index (χ4n) is 3.12. The Bertz CT molecular complexity index is 436. The van der Waals surface area contributed by atoms with Gasteiger partial charge in [-0.25, -0.2) is 4.79 Å². The number of rotatable bonds is 11. The minimum atomic E-state index is -0.327. The summed E-state index contributed by atoms with van der Waals surface area (Å²) in [7, 11) is 0. The molecule has 1 aromatic rings. The van der Waals surface area contributed by atoms with Crippen LogP contribution in [0.2, 0.25) is 0 Å². The fraction of sp³-hybridized carbons (Fsp3) is 0.526. The van der Waals surface area contributed by atoms with Crippen LogP contribution in [0.1, 0.15) is 38.7 Å². The van der Waals surface area contributed by atoms with Crippen molar-refractivity contribution in [3.63, 3.8) is 0 Å². The average molecular weight is 304 g/mol. The smallest absolute Gasteiger partial charge is 0.330 e. The lowest BCUT2D eigenvalue weighted by Crippen LogP contribution is -2.49. The maximum atomic E-state index is 11.1. The van der Waals surface area contributed by atoms with Crippen molar-refractivity contribution in [1.29, 1.82) is 0 Å². The van der Waals surface area contributed by atoms with Gasteiger partial charge in [0.25, 0.3) is 0 Å². The van der Waals surface area contributed by atoms with Gasteiger partial charge in [0.15, 0.2) is 0 Å². The molecule has 0 bridgehead atoms. The number of carbonyl (C=O) groups is 1. The van der Waals surface area contributed by atoms with Gasteiger partial charge in [-0.3, -0.25) is 0 Å². The SMILES string of the molecule is C=CC(=O)OCCC[N+](CCC)(CCC)Cc1ccccc1. The standard InChI is InChI=1S/C19H30NO2/c1-4-13-20(14-5-2,15-10-16-22-19(21)6-3)17-18-11-8-7-9-12-18/h6-9,11-12H,3-5,10,13-17H2,1-2H3/q+1. The first-order chi connectivity index (χ1) is 10.7. The number of hydrogen-bond acceptors (Lipinski definition) is 2. The first-order valence-corrected chi connectivity index (χ1v) is 8.34. The van der Waals surface area contributed by atoms with E-state index in [-0.39, 0.29) is 5.97 Å². The largest absolute Gasteiger partial charge is 0.462 e. The fourth-order valence-corrected chi connectivity index (χ4v) is 3.12. The number of nitrogens with zero attached hydrogens (tertiary/aromatic N) is 1. The topological polar surface area (TPSA) is 26.3 Å². The van der Waals surface area contributed by atoms with Crippen LogP contribution in [-0.4, -0.2) is 36.7 Å². The van der Waals surface area contributed by atoms with E-state index in [1.54, 1.807) is 0 Å². The van der Waals surface area contributed by atoms with Crippen molar-refractivity contribution < 1.29 is 14.0 Å². The molecule has 0 aromatic heterocycles. The van der Waals surface area contributed by atoms with E-state index in [4.69, 9.17) is 4.74 Å². The number of carbonyl (C=O) groups excluding carboxylic acids is 1. The number of esters is 1. The zero-order valence-corrected chi connectivity index (χ0v) is 14.1. The molecule has 22 heavy (non-hydrogen) atoms. The summed E-state index contributed by atoms with van der Waals surface area (Å²) in [4.78, 5) is 11.1. The van der Waals surface area contributed by atoms with E-state index in [0.717, 1.165) is 37.1 Å². The summed E-state index contributed by atoms with van der Waals surface area (Å²) in [6.07, 6.45) is 4.45. The maximum absolute atomic E-state index is 11.1. The molecular weight excluding hydrogens is 274 g/mol. The van der Waals surface area contributed by atoms with Gasteiger partial charge in [-0.1, -0.05) is 50.8 Å². The van der Waals surface area contributed by atoms with Crippen molar-refractivity contribution in [2.75, 3.05) is 26.2 Å². The number of quaternary nitrogens is 1. The van der Waals surface area contributed by atoms with Crippen LogP contribution in [0.3, 0.4) is 0 Å². The quantitative estimate of drug-likeness (QED) is 0.268. The van der Waals surface area contributed by atoms with E-state index in [2.05, 4.69) is 50.8 Å². The van der Waals surface area contributed by atoms with E-state index in [0.29, 0.717) is 6.61 Å². The number of ether oxygens (including phenoxy) is 1. The minimum absolute atomic E-state index is 0.327. The lowest BCUT2D eigenvalue weighted by atomic mass is 10.1. The molecule has 0 N–H and O–H groups in total. The van der Waals surface area contributed by atoms with Gasteiger partial charge in [-0.2, -0.15) is 0 Å². The summed E-state index contributed by atoms with van der Waals surface area (Å²) in [6.45, 7) is 12.8. The Labute approximate surface area is 135 Å². The predicted octanol–water partition coefficient (Wildman–Crippen LogP) is 3.94. The molecule has 0 aliphatic rings. The Morgan fingerprint density at radius 3 is 2.32 bits per heavy atom. The van der Waals surface area contributed by atoms with Gasteiger partial charge >= 0.3 is 5.97 Å².